The van der Waals surface area contributed by atoms with E-state index in [1.807, 2.05) is 40.6 Å². The number of amides is 2. The number of carbonyl (C=O) groups excluding carboxylic acids is 2. The van der Waals surface area contributed by atoms with Crippen molar-refractivity contribution in [3.05, 3.63) is 82.6 Å². The van der Waals surface area contributed by atoms with Gasteiger partial charge < -0.3 is 20.7 Å². The lowest BCUT2D eigenvalue weighted by Crippen LogP contribution is -2.54. The molecule has 0 spiro atoms. The number of hydrogen-bond donors (Lipinski definition) is 2. The van der Waals surface area contributed by atoms with Gasteiger partial charge in [-0.1, -0.05) is 60.7 Å². The van der Waals surface area contributed by atoms with Crippen molar-refractivity contribution in [1.29, 1.82) is 0 Å². The van der Waals surface area contributed by atoms with E-state index in [1.54, 1.807) is 11.3 Å². The number of piperidine rings is 1. The predicted molar refractivity (Wildman–Crippen MR) is 164 cm³/mol. The van der Waals surface area contributed by atoms with E-state index in [4.69, 9.17) is 10.5 Å². The molecule has 214 valence electrons. The second kappa shape index (κ2) is 14.3. The van der Waals surface area contributed by atoms with Gasteiger partial charge in [0.05, 0.1) is 11.5 Å². The number of halogens is 1. The lowest BCUT2D eigenvalue weighted by molar-refractivity contribution is -0.141. The number of nitrogens with one attached hydrogen (secondary N) is 1. The maximum absolute atomic E-state index is 13.8. The summed E-state index contributed by atoms with van der Waals surface area (Å²) >= 11 is 1.63. The number of nitrogens with two attached hydrogens (primary N) is 1. The van der Waals surface area contributed by atoms with Gasteiger partial charge in [-0.05, 0) is 66.2 Å². The zero-order chi connectivity index (χ0) is 27.1. The average molecular weight is 582 g/mol. The number of carbonyl (C=O) groups is 2. The van der Waals surface area contributed by atoms with Gasteiger partial charge in [-0.15, -0.1) is 23.7 Å². The molecule has 2 fully saturated rings. The molecule has 0 saturated carbocycles. The first-order valence-corrected chi connectivity index (χ1v) is 15.0. The number of rotatable bonds is 9. The van der Waals surface area contributed by atoms with E-state index < -0.39 is 11.5 Å². The van der Waals surface area contributed by atoms with E-state index in [2.05, 4.69) is 41.7 Å². The fourth-order valence-corrected chi connectivity index (χ4v) is 6.58. The molecular weight excluding hydrogens is 542 g/mol. The first-order valence-electron chi connectivity index (χ1n) is 14.1. The zero-order valence-electron chi connectivity index (χ0n) is 22.9. The van der Waals surface area contributed by atoms with Crippen molar-refractivity contribution in [2.24, 2.45) is 17.1 Å². The average Bonchev–Trinajstić information content (AvgIpc) is 3.50. The predicted octanol–water partition coefficient (Wildman–Crippen LogP) is 5.10. The molecule has 40 heavy (non-hydrogen) atoms. The molecule has 2 aliphatic heterocycles. The minimum absolute atomic E-state index is 0. The fraction of sp³-hybridized carbons (Fsp3) is 0.438. The number of hydrogen-bond acceptors (Lipinski definition) is 5. The molecule has 5 rings (SSSR count). The Bertz CT molecular complexity index is 1210. The Kier molecular flexibility index (Phi) is 10.8. The van der Waals surface area contributed by atoms with Crippen LogP contribution in [-0.4, -0.2) is 55.6 Å². The van der Waals surface area contributed by atoms with Crippen LogP contribution in [0.3, 0.4) is 0 Å². The van der Waals surface area contributed by atoms with Crippen molar-refractivity contribution in [2.45, 2.75) is 44.6 Å². The van der Waals surface area contributed by atoms with Crippen LogP contribution in [0.2, 0.25) is 0 Å². The molecule has 8 heteroatoms. The summed E-state index contributed by atoms with van der Waals surface area (Å²) in [5.74, 6) is 0.546. The first kappa shape index (κ1) is 30.3. The molecule has 3 heterocycles. The molecule has 6 nitrogen and oxygen atoms in total. The molecule has 0 aliphatic carbocycles. The SMILES string of the molecule is Cl.NC(Cc1cccs1)C(=O)N1CCC(Cc2ccc(-c3ccccc3)cc2)(C(=O)NCC2CCOCC2)CC1. The van der Waals surface area contributed by atoms with Crippen molar-refractivity contribution < 1.29 is 14.3 Å². The van der Waals surface area contributed by atoms with Crippen LogP contribution in [0, 0.1) is 11.3 Å². The van der Waals surface area contributed by atoms with Crippen LogP contribution in [0.25, 0.3) is 11.1 Å². The number of thiophene rings is 1. The van der Waals surface area contributed by atoms with Gasteiger partial charge in [-0.25, -0.2) is 0 Å². The molecule has 1 aromatic heterocycles. The molecule has 1 atom stereocenters. The quantitative estimate of drug-likeness (QED) is 0.368. The molecular formula is C32H40ClN3O3S. The lowest BCUT2D eigenvalue weighted by Gasteiger charge is -2.42. The Morgan fingerprint density at radius 3 is 2.30 bits per heavy atom. The maximum atomic E-state index is 13.8. The summed E-state index contributed by atoms with van der Waals surface area (Å²) in [6.45, 7) is 3.31. The van der Waals surface area contributed by atoms with Crippen molar-refractivity contribution in [3.63, 3.8) is 0 Å². The van der Waals surface area contributed by atoms with Gasteiger partial charge in [0.1, 0.15) is 0 Å². The summed E-state index contributed by atoms with van der Waals surface area (Å²) in [6, 6.07) is 22.3. The van der Waals surface area contributed by atoms with Crippen LogP contribution in [0.4, 0.5) is 0 Å². The van der Waals surface area contributed by atoms with Gasteiger partial charge >= 0.3 is 0 Å². The fourth-order valence-electron chi connectivity index (χ4n) is 5.82. The number of ether oxygens (including phenoxy) is 1. The zero-order valence-corrected chi connectivity index (χ0v) is 24.6. The van der Waals surface area contributed by atoms with Gasteiger partial charge in [0.15, 0.2) is 0 Å². The van der Waals surface area contributed by atoms with Crippen LogP contribution in [-0.2, 0) is 27.2 Å². The third-order valence-electron chi connectivity index (χ3n) is 8.33. The Labute approximate surface area is 247 Å². The second-order valence-corrected chi connectivity index (χ2v) is 12.0. The first-order chi connectivity index (χ1) is 19.0. The third-order valence-corrected chi connectivity index (χ3v) is 9.23. The van der Waals surface area contributed by atoms with E-state index in [0.717, 1.165) is 42.1 Å². The van der Waals surface area contributed by atoms with Crippen LogP contribution < -0.4 is 11.1 Å². The van der Waals surface area contributed by atoms with Crippen molar-refractivity contribution in [2.75, 3.05) is 32.8 Å². The van der Waals surface area contributed by atoms with Crippen molar-refractivity contribution in [3.8, 4) is 11.1 Å². The Balaban J connectivity index is 0.00000370. The van der Waals surface area contributed by atoms with Gasteiger partial charge in [0, 0.05) is 44.1 Å². The van der Waals surface area contributed by atoms with E-state index >= 15 is 0 Å². The minimum atomic E-state index is -0.552. The highest BCUT2D eigenvalue weighted by atomic mass is 35.5. The van der Waals surface area contributed by atoms with E-state index in [-0.39, 0.29) is 24.2 Å². The summed E-state index contributed by atoms with van der Waals surface area (Å²) in [7, 11) is 0. The smallest absolute Gasteiger partial charge is 0.239 e. The lowest BCUT2D eigenvalue weighted by atomic mass is 9.72. The summed E-state index contributed by atoms with van der Waals surface area (Å²) in [4.78, 5) is 30.0. The standard InChI is InChI=1S/C32H39N3O3S.ClH/c33-29(21-28-7-4-20-39-28)30(36)35-16-14-32(15-17-35,31(37)34-23-25-12-18-38-19-13-25)22-24-8-10-27(11-9-24)26-5-2-1-3-6-26;/h1-11,20,25,29H,12-19,21-23,33H2,(H,34,37);1H. The Morgan fingerprint density at radius 1 is 0.975 bits per heavy atom. The Morgan fingerprint density at radius 2 is 1.65 bits per heavy atom. The molecule has 3 aromatic rings. The monoisotopic (exact) mass is 581 g/mol. The van der Waals surface area contributed by atoms with Crippen LogP contribution >= 0.6 is 23.7 Å². The second-order valence-electron chi connectivity index (χ2n) is 11.0. The Hall–Kier alpha value is -2.71. The van der Waals surface area contributed by atoms with E-state index in [0.29, 0.717) is 51.2 Å². The van der Waals surface area contributed by atoms with Gasteiger partial charge in [-0.3, -0.25) is 9.59 Å². The summed E-state index contributed by atoms with van der Waals surface area (Å²) in [6.07, 6.45) is 4.44. The van der Waals surface area contributed by atoms with Crippen LogP contribution in [0.15, 0.2) is 72.1 Å². The summed E-state index contributed by atoms with van der Waals surface area (Å²) in [5.41, 5.74) is 9.25. The van der Waals surface area contributed by atoms with Crippen LogP contribution in [0.5, 0.6) is 0 Å². The number of nitrogens with zero attached hydrogens (tertiary/aromatic N) is 1. The topological polar surface area (TPSA) is 84.7 Å². The molecule has 2 amide bonds. The summed E-state index contributed by atoms with van der Waals surface area (Å²) in [5, 5.41) is 5.30. The molecule has 1 unspecified atom stereocenters. The van der Waals surface area contributed by atoms with Gasteiger partial charge in [-0.2, -0.15) is 0 Å². The molecule has 0 bridgehead atoms. The normalized spacial score (nSPS) is 18.0. The van der Waals surface area contributed by atoms with Crippen molar-refractivity contribution >= 4 is 35.6 Å². The maximum Gasteiger partial charge on any atom is 0.239 e. The molecule has 2 saturated heterocycles. The molecule has 3 N–H and O–H groups in total. The third kappa shape index (κ3) is 7.52. The minimum Gasteiger partial charge on any atom is -0.381 e. The highest BCUT2D eigenvalue weighted by Gasteiger charge is 2.43. The highest BCUT2D eigenvalue weighted by Crippen LogP contribution is 2.37. The van der Waals surface area contributed by atoms with E-state index in [1.165, 1.54) is 5.56 Å². The van der Waals surface area contributed by atoms with Crippen LogP contribution in [0.1, 0.15) is 36.1 Å². The van der Waals surface area contributed by atoms with Gasteiger partial charge in [0.2, 0.25) is 11.8 Å². The van der Waals surface area contributed by atoms with Crippen molar-refractivity contribution in [1.82, 2.24) is 10.2 Å². The summed E-state index contributed by atoms with van der Waals surface area (Å²) < 4.78 is 5.49. The highest BCUT2D eigenvalue weighted by molar-refractivity contribution is 7.09. The molecule has 0 radical (unpaired) electrons. The number of benzene rings is 2. The molecule has 2 aromatic carbocycles. The largest absolute Gasteiger partial charge is 0.381 e. The van der Waals surface area contributed by atoms with Gasteiger partial charge in [0.25, 0.3) is 0 Å². The van der Waals surface area contributed by atoms with E-state index in [9.17, 15) is 9.59 Å². The number of likely N-dealkylation sites (tertiary alicyclic amines) is 1. The molecule has 2 aliphatic rings.